The zero-order valence-corrected chi connectivity index (χ0v) is 33.3. The summed E-state index contributed by atoms with van der Waals surface area (Å²) in [5.74, 6) is 0. The van der Waals surface area contributed by atoms with Crippen molar-refractivity contribution < 1.29 is 0 Å². The summed E-state index contributed by atoms with van der Waals surface area (Å²) in [5, 5.41) is 7.47. The summed E-state index contributed by atoms with van der Waals surface area (Å²) in [4.78, 5) is 0. The highest BCUT2D eigenvalue weighted by Crippen LogP contribution is 2.42. The average molecular weight is 773 g/mol. The van der Waals surface area contributed by atoms with Crippen LogP contribution in [0.4, 0.5) is 0 Å². The Balaban J connectivity index is 1.06. The molecule has 282 valence electrons. The Kier molecular flexibility index (Phi) is 7.43. The first kappa shape index (κ1) is 34.0. The highest BCUT2D eigenvalue weighted by Gasteiger charge is 2.33. The third-order valence-corrected chi connectivity index (χ3v) is 13.1. The molecule has 2 nitrogen and oxygen atoms in total. The van der Waals surface area contributed by atoms with Crippen LogP contribution in [0.5, 0.6) is 0 Å². The van der Waals surface area contributed by atoms with Gasteiger partial charge in [-0.15, -0.1) is 0 Å². The van der Waals surface area contributed by atoms with E-state index in [9.17, 15) is 0 Å². The zero-order valence-electron chi connectivity index (χ0n) is 33.3. The van der Waals surface area contributed by atoms with Crippen molar-refractivity contribution in [3.63, 3.8) is 0 Å². The molecule has 0 spiro atoms. The fourth-order valence-corrected chi connectivity index (χ4v) is 10.5. The maximum atomic E-state index is 2.50. The van der Waals surface area contributed by atoms with Crippen LogP contribution in [0.2, 0.25) is 0 Å². The zero-order chi connectivity index (χ0) is 40.0. The average Bonchev–Trinajstić information content (AvgIpc) is 3.96. The lowest BCUT2D eigenvalue weighted by atomic mass is 9.39. The number of fused-ring (bicyclic) bond motifs is 10. The van der Waals surface area contributed by atoms with E-state index in [-0.39, 0.29) is 6.71 Å². The molecule has 0 fully saturated rings. The van der Waals surface area contributed by atoms with Gasteiger partial charge in [-0.25, -0.2) is 0 Å². The Labute approximate surface area is 354 Å². The molecule has 1 aliphatic heterocycles. The molecular formula is C58H37BN2. The van der Waals surface area contributed by atoms with Crippen LogP contribution < -0.4 is 16.4 Å². The molecule has 2 aromatic heterocycles. The van der Waals surface area contributed by atoms with Gasteiger partial charge in [-0.3, -0.25) is 0 Å². The predicted octanol–water partition coefficient (Wildman–Crippen LogP) is 12.9. The summed E-state index contributed by atoms with van der Waals surface area (Å²) in [5.41, 5.74) is 18.6. The summed E-state index contributed by atoms with van der Waals surface area (Å²) < 4.78 is 4.99. The van der Waals surface area contributed by atoms with Crippen molar-refractivity contribution >= 4 is 77.5 Å². The van der Waals surface area contributed by atoms with Crippen LogP contribution in [0.3, 0.4) is 0 Å². The second kappa shape index (κ2) is 13.3. The molecule has 0 radical (unpaired) electrons. The van der Waals surface area contributed by atoms with E-state index in [4.69, 9.17) is 0 Å². The fraction of sp³-hybridized carbons (Fsp3) is 0. The highest BCUT2D eigenvalue weighted by molar-refractivity contribution is 6.99. The van der Waals surface area contributed by atoms with Gasteiger partial charge >= 0.3 is 0 Å². The van der Waals surface area contributed by atoms with E-state index in [1.165, 1.54) is 110 Å². The third-order valence-electron chi connectivity index (χ3n) is 13.1. The van der Waals surface area contributed by atoms with E-state index in [2.05, 4.69) is 234 Å². The molecule has 0 N–H and O–H groups in total. The van der Waals surface area contributed by atoms with E-state index in [1.54, 1.807) is 0 Å². The van der Waals surface area contributed by atoms with Gasteiger partial charge in [-0.2, -0.15) is 0 Å². The Morgan fingerprint density at radius 2 is 0.836 bits per heavy atom. The lowest BCUT2D eigenvalue weighted by Crippen LogP contribution is -2.48. The van der Waals surface area contributed by atoms with Crippen molar-refractivity contribution in [2.45, 2.75) is 0 Å². The van der Waals surface area contributed by atoms with Crippen LogP contribution in [0.1, 0.15) is 0 Å². The minimum atomic E-state index is 0.201. The fourth-order valence-electron chi connectivity index (χ4n) is 10.5. The number of para-hydroxylation sites is 2. The number of hydrogen-bond donors (Lipinski definition) is 0. The molecule has 3 heterocycles. The maximum absolute atomic E-state index is 2.50. The minimum absolute atomic E-state index is 0.201. The monoisotopic (exact) mass is 772 g/mol. The second-order valence-corrected chi connectivity index (χ2v) is 16.5. The number of benzene rings is 10. The van der Waals surface area contributed by atoms with E-state index in [0.717, 1.165) is 5.69 Å². The number of hydrogen-bond acceptors (Lipinski definition) is 0. The summed E-state index contributed by atoms with van der Waals surface area (Å²) in [6, 6.07) is 83.0. The van der Waals surface area contributed by atoms with Gasteiger partial charge in [0.15, 0.2) is 0 Å². The highest BCUT2D eigenvalue weighted by atomic mass is 15.0. The van der Waals surface area contributed by atoms with E-state index in [1.807, 2.05) is 0 Å². The quantitative estimate of drug-likeness (QED) is 0.154. The van der Waals surface area contributed by atoms with Crippen LogP contribution in [-0.2, 0) is 0 Å². The van der Waals surface area contributed by atoms with Crippen molar-refractivity contribution in [1.82, 2.24) is 9.13 Å². The summed E-state index contributed by atoms with van der Waals surface area (Å²) in [6.07, 6.45) is 0. The molecule has 61 heavy (non-hydrogen) atoms. The Morgan fingerprint density at radius 1 is 0.295 bits per heavy atom. The number of rotatable bonds is 5. The third kappa shape index (κ3) is 5.17. The first-order chi connectivity index (χ1) is 30.3. The molecule has 0 saturated heterocycles. The molecule has 0 saturated carbocycles. The standard InChI is InChI=1S/C58H37BN2/c1-3-16-38(17-4-1)41-32-42(39-18-5-2-6-19-39)35-44(34-41)60-55-27-13-9-23-48(55)50-36-51-49-24-10-14-28-56(49)61(58(51)37-57(50)60)54-29-15-20-40-33-43(30-31-45(40)54)59-52-25-11-7-21-46(52)47-22-8-12-26-53(47)59/h1-37H. The Morgan fingerprint density at radius 3 is 1.48 bits per heavy atom. The SMILES string of the molecule is c1ccc(-c2cc(-c3ccccc3)cc(-n3c4ccccc4c4cc5c6ccccc6n(-c6cccc7cc(B8c9ccccc9-c9ccccc98)ccc67)c5cc43)c2)cc1. The first-order valence-corrected chi connectivity index (χ1v) is 21.2. The first-order valence-electron chi connectivity index (χ1n) is 21.2. The molecular weight excluding hydrogens is 735 g/mol. The normalized spacial score (nSPS) is 12.2. The lowest BCUT2D eigenvalue weighted by molar-refractivity contribution is 1.17. The molecule has 1 aliphatic rings. The van der Waals surface area contributed by atoms with Gasteiger partial charge in [0, 0.05) is 32.6 Å². The molecule has 0 aliphatic carbocycles. The summed E-state index contributed by atoms with van der Waals surface area (Å²) >= 11 is 0. The second-order valence-electron chi connectivity index (χ2n) is 16.5. The van der Waals surface area contributed by atoms with E-state index >= 15 is 0 Å². The Bertz CT molecular complexity index is 3600. The van der Waals surface area contributed by atoms with Gasteiger partial charge < -0.3 is 9.13 Å². The van der Waals surface area contributed by atoms with Crippen molar-refractivity contribution in [3.8, 4) is 44.8 Å². The van der Waals surface area contributed by atoms with Gasteiger partial charge in [0.25, 0.3) is 0 Å². The van der Waals surface area contributed by atoms with Crippen molar-refractivity contribution in [1.29, 1.82) is 0 Å². The predicted molar refractivity (Wildman–Crippen MR) is 260 cm³/mol. The molecule has 0 amide bonds. The summed E-state index contributed by atoms with van der Waals surface area (Å²) in [7, 11) is 0. The number of nitrogens with zero attached hydrogens (tertiary/aromatic N) is 2. The maximum Gasteiger partial charge on any atom is 0.242 e. The molecule has 0 atom stereocenters. The topological polar surface area (TPSA) is 9.86 Å². The largest absolute Gasteiger partial charge is 0.309 e. The van der Waals surface area contributed by atoms with Gasteiger partial charge in [0.05, 0.1) is 27.8 Å². The van der Waals surface area contributed by atoms with Gasteiger partial charge in [-0.1, -0.05) is 192 Å². The van der Waals surface area contributed by atoms with Crippen molar-refractivity contribution in [2.24, 2.45) is 0 Å². The van der Waals surface area contributed by atoms with E-state index in [0.29, 0.717) is 0 Å². The van der Waals surface area contributed by atoms with Gasteiger partial charge in [0.1, 0.15) is 0 Å². The van der Waals surface area contributed by atoms with E-state index < -0.39 is 0 Å². The van der Waals surface area contributed by atoms with Crippen molar-refractivity contribution in [2.75, 3.05) is 0 Å². The van der Waals surface area contributed by atoms with Gasteiger partial charge in [0.2, 0.25) is 6.71 Å². The van der Waals surface area contributed by atoms with Crippen LogP contribution in [0.15, 0.2) is 224 Å². The van der Waals surface area contributed by atoms with Crippen LogP contribution in [0, 0.1) is 0 Å². The van der Waals surface area contributed by atoms with Crippen molar-refractivity contribution in [3.05, 3.63) is 224 Å². The van der Waals surface area contributed by atoms with Gasteiger partial charge in [-0.05, 0) is 87.3 Å². The molecule has 0 bridgehead atoms. The molecule has 12 aromatic rings. The molecule has 0 unspecified atom stereocenters. The molecule has 13 rings (SSSR count). The lowest BCUT2D eigenvalue weighted by Gasteiger charge is -2.16. The molecule has 3 heteroatoms. The number of aromatic nitrogens is 2. The van der Waals surface area contributed by atoms with Crippen LogP contribution in [-0.4, -0.2) is 15.8 Å². The van der Waals surface area contributed by atoms with Crippen LogP contribution in [0.25, 0.3) is 99.1 Å². The Hall–Kier alpha value is -7.88. The summed E-state index contributed by atoms with van der Waals surface area (Å²) in [6.45, 7) is 0.201. The van der Waals surface area contributed by atoms with Crippen LogP contribution >= 0.6 is 0 Å². The minimum Gasteiger partial charge on any atom is -0.309 e. The smallest absolute Gasteiger partial charge is 0.242 e. The molecule has 10 aromatic carbocycles.